The van der Waals surface area contributed by atoms with Gasteiger partial charge in [-0.1, -0.05) is 19.1 Å². The lowest BCUT2D eigenvalue weighted by molar-refractivity contribution is 0.0690. The Hall–Kier alpha value is -1.43. The van der Waals surface area contributed by atoms with Crippen molar-refractivity contribution in [1.82, 2.24) is 20.0 Å². The molecule has 2 fully saturated rings. The van der Waals surface area contributed by atoms with Crippen molar-refractivity contribution in [3.05, 3.63) is 35.4 Å². The summed E-state index contributed by atoms with van der Waals surface area (Å²) in [6, 6.07) is 8.28. The highest BCUT2D eigenvalue weighted by Gasteiger charge is 2.23. The number of rotatable bonds is 6. The van der Waals surface area contributed by atoms with E-state index >= 15 is 0 Å². The van der Waals surface area contributed by atoms with Gasteiger partial charge in [0.2, 0.25) is 0 Å². The number of amides is 1. The quantitative estimate of drug-likeness (QED) is 0.843. The van der Waals surface area contributed by atoms with Gasteiger partial charge >= 0.3 is 0 Å². The molecule has 144 valence electrons. The molecule has 1 N–H and O–H groups in total. The number of likely N-dealkylation sites (tertiary alicyclic amines) is 1. The van der Waals surface area contributed by atoms with E-state index in [4.69, 9.17) is 0 Å². The summed E-state index contributed by atoms with van der Waals surface area (Å²) < 4.78 is 0. The van der Waals surface area contributed by atoms with Gasteiger partial charge < -0.3 is 15.1 Å². The van der Waals surface area contributed by atoms with E-state index in [9.17, 15) is 4.79 Å². The van der Waals surface area contributed by atoms with Crippen LogP contribution in [0.5, 0.6) is 0 Å². The number of hydrogen-bond donors (Lipinski definition) is 1. The summed E-state index contributed by atoms with van der Waals surface area (Å²) >= 11 is 0. The maximum atomic E-state index is 12.8. The number of carbonyl (C=O) groups excluding carboxylic acids is 1. The molecular formula is C21H34N4O. The molecule has 0 aromatic heterocycles. The Morgan fingerprint density at radius 1 is 1.04 bits per heavy atom. The second-order valence-corrected chi connectivity index (χ2v) is 7.82. The third-order valence-electron chi connectivity index (χ3n) is 5.79. The largest absolute Gasteiger partial charge is 0.339 e. The summed E-state index contributed by atoms with van der Waals surface area (Å²) in [5, 5.41) is 3.43. The number of hydrogen-bond acceptors (Lipinski definition) is 4. The summed E-state index contributed by atoms with van der Waals surface area (Å²) in [6.07, 6.45) is 2.22. The molecule has 0 bridgehead atoms. The Labute approximate surface area is 158 Å². The fraction of sp³-hybridized carbons (Fsp3) is 0.667. The van der Waals surface area contributed by atoms with Gasteiger partial charge in [0.05, 0.1) is 0 Å². The van der Waals surface area contributed by atoms with Crippen LogP contribution in [0.3, 0.4) is 0 Å². The van der Waals surface area contributed by atoms with Gasteiger partial charge in [-0.2, -0.15) is 0 Å². The van der Waals surface area contributed by atoms with Gasteiger partial charge in [-0.15, -0.1) is 0 Å². The third-order valence-corrected chi connectivity index (χ3v) is 5.79. The summed E-state index contributed by atoms with van der Waals surface area (Å²) in [4.78, 5) is 19.6. The number of benzene rings is 1. The van der Waals surface area contributed by atoms with Crippen LogP contribution in [0.4, 0.5) is 0 Å². The van der Waals surface area contributed by atoms with Crippen LogP contribution in [0.25, 0.3) is 0 Å². The van der Waals surface area contributed by atoms with Crippen LogP contribution in [0.15, 0.2) is 24.3 Å². The van der Waals surface area contributed by atoms with E-state index in [1.54, 1.807) is 0 Å². The first-order valence-corrected chi connectivity index (χ1v) is 10.2. The van der Waals surface area contributed by atoms with Crippen molar-refractivity contribution in [3.8, 4) is 0 Å². The smallest absolute Gasteiger partial charge is 0.253 e. The molecule has 0 atom stereocenters. The molecule has 3 rings (SSSR count). The summed E-state index contributed by atoms with van der Waals surface area (Å²) in [7, 11) is 2.18. The molecule has 0 saturated carbocycles. The van der Waals surface area contributed by atoms with E-state index in [0.717, 1.165) is 77.3 Å². The molecule has 1 aromatic carbocycles. The van der Waals surface area contributed by atoms with Gasteiger partial charge in [-0.3, -0.25) is 9.69 Å². The van der Waals surface area contributed by atoms with Crippen LogP contribution in [-0.4, -0.2) is 80.0 Å². The maximum Gasteiger partial charge on any atom is 0.253 e. The van der Waals surface area contributed by atoms with Gasteiger partial charge in [0.25, 0.3) is 5.91 Å². The van der Waals surface area contributed by atoms with Crippen molar-refractivity contribution in [1.29, 1.82) is 0 Å². The lowest BCUT2D eigenvalue weighted by Gasteiger charge is -2.33. The van der Waals surface area contributed by atoms with Crippen molar-refractivity contribution in [3.63, 3.8) is 0 Å². The first-order chi connectivity index (χ1) is 12.7. The first kappa shape index (κ1) is 19.3. The summed E-state index contributed by atoms with van der Waals surface area (Å²) in [5.74, 6) is 0.906. The molecule has 1 amide bonds. The Bertz CT molecular complexity index is 558. The predicted octanol–water partition coefficient (Wildman–Crippen LogP) is 1.90. The van der Waals surface area contributed by atoms with E-state index < -0.39 is 0 Å². The van der Waals surface area contributed by atoms with Crippen LogP contribution in [0.1, 0.15) is 35.7 Å². The number of nitrogens with zero attached hydrogens (tertiary/aromatic N) is 3. The van der Waals surface area contributed by atoms with Crippen LogP contribution in [0, 0.1) is 5.92 Å². The molecule has 2 heterocycles. The van der Waals surface area contributed by atoms with E-state index in [1.165, 1.54) is 5.56 Å². The predicted molar refractivity (Wildman–Crippen MR) is 106 cm³/mol. The topological polar surface area (TPSA) is 38.8 Å². The minimum absolute atomic E-state index is 0.193. The van der Waals surface area contributed by atoms with E-state index in [2.05, 4.69) is 41.2 Å². The molecule has 2 aliphatic heterocycles. The fourth-order valence-corrected chi connectivity index (χ4v) is 3.89. The summed E-state index contributed by atoms with van der Waals surface area (Å²) in [5.41, 5.74) is 2.13. The number of piperazine rings is 1. The van der Waals surface area contributed by atoms with Crippen molar-refractivity contribution >= 4 is 5.91 Å². The fourth-order valence-electron chi connectivity index (χ4n) is 3.89. The minimum Gasteiger partial charge on any atom is -0.339 e. The van der Waals surface area contributed by atoms with Crippen LogP contribution in [0.2, 0.25) is 0 Å². The van der Waals surface area contributed by atoms with Gasteiger partial charge in [-0.25, -0.2) is 0 Å². The zero-order valence-corrected chi connectivity index (χ0v) is 16.4. The van der Waals surface area contributed by atoms with Gasteiger partial charge in [-0.05, 0) is 56.6 Å². The molecule has 0 aliphatic carbocycles. The Morgan fingerprint density at radius 2 is 1.69 bits per heavy atom. The summed E-state index contributed by atoms with van der Waals surface area (Å²) in [6.45, 7) is 11.5. The average molecular weight is 359 g/mol. The Kier molecular flexibility index (Phi) is 7.06. The van der Waals surface area contributed by atoms with Crippen LogP contribution >= 0.6 is 0 Å². The second kappa shape index (κ2) is 9.49. The third kappa shape index (κ3) is 5.29. The van der Waals surface area contributed by atoms with E-state index in [1.807, 2.05) is 17.0 Å². The SMILES string of the molecule is CCNCC1CCN(C(=O)c2ccc(CN3CCN(C)CC3)cc2)CC1. The molecule has 0 radical (unpaired) electrons. The van der Waals surface area contributed by atoms with Crippen LogP contribution < -0.4 is 5.32 Å². The van der Waals surface area contributed by atoms with Gasteiger partial charge in [0, 0.05) is 51.4 Å². The lowest BCUT2D eigenvalue weighted by atomic mass is 9.96. The monoisotopic (exact) mass is 358 g/mol. The van der Waals surface area contributed by atoms with Gasteiger partial charge in [0.15, 0.2) is 0 Å². The highest BCUT2D eigenvalue weighted by atomic mass is 16.2. The highest BCUT2D eigenvalue weighted by molar-refractivity contribution is 5.94. The standard InChI is InChI=1S/C21H34N4O/c1-3-22-16-18-8-10-25(11-9-18)21(26)20-6-4-19(5-7-20)17-24-14-12-23(2)13-15-24/h4-7,18,22H,3,8-17H2,1-2H3. The second-order valence-electron chi connectivity index (χ2n) is 7.82. The molecule has 0 unspecified atom stereocenters. The molecule has 5 nitrogen and oxygen atoms in total. The molecular weight excluding hydrogens is 324 g/mol. The molecule has 26 heavy (non-hydrogen) atoms. The number of nitrogens with one attached hydrogen (secondary N) is 1. The van der Waals surface area contributed by atoms with Crippen molar-refractivity contribution in [2.45, 2.75) is 26.3 Å². The molecule has 5 heteroatoms. The Balaban J connectivity index is 1.48. The number of piperidine rings is 1. The first-order valence-electron chi connectivity index (χ1n) is 10.2. The maximum absolute atomic E-state index is 12.8. The highest BCUT2D eigenvalue weighted by Crippen LogP contribution is 2.19. The zero-order valence-electron chi connectivity index (χ0n) is 16.4. The average Bonchev–Trinajstić information content (AvgIpc) is 2.68. The van der Waals surface area contributed by atoms with E-state index in [0.29, 0.717) is 5.92 Å². The van der Waals surface area contributed by atoms with Crippen molar-refractivity contribution in [2.24, 2.45) is 5.92 Å². The molecule has 1 aromatic rings. The van der Waals surface area contributed by atoms with E-state index in [-0.39, 0.29) is 5.91 Å². The van der Waals surface area contributed by atoms with Crippen LogP contribution in [-0.2, 0) is 6.54 Å². The van der Waals surface area contributed by atoms with Crippen molar-refractivity contribution in [2.75, 3.05) is 59.4 Å². The number of carbonyl (C=O) groups is 1. The molecule has 2 saturated heterocycles. The zero-order chi connectivity index (χ0) is 18.4. The minimum atomic E-state index is 0.193. The number of likely N-dealkylation sites (N-methyl/N-ethyl adjacent to an activating group) is 1. The molecule has 0 spiro atoms. The molecule has 2 aliphatic rings. The van der Waals surface area contributed by atoms with Crippen molar-refractivity contribution < 1.29 is 4.79 Å². The van der Waals surface area contributed by atoms with Gasteiger partial charge in [0.1, 0.15) is 0 Å². The Morgan fingerprint density at radius 3 is 2.31 bits per heavy atom. The lowest BCUT2D eigenvalue weighted by Crippen LogP contribution is -2.43. The normalized spacial score (nSPS) is 20.5.